The van der Waals surface area contributed by atoms with Crippen LogP contribution in [0.4, 0.5) is 5.69 Å². The summed E-state index contributed by atoms with van der Waals surface area (Å²) in [5, 5.41) is 0. The minimum atomic E-state index is -0.141. The molecule has 0 spiro atoms. The van der Waals surface area contributed by atoms with Crippen LogP contribution in [-0.2, 0) is 7.05 Å². The second kappa shape index (κ2) is 3.27. The highest BCUT2D eigenvalue weighted by Gasteiger charge is 1.90. The Morgan fingerprint density at radius 1 is 1.60 bits per heavy atom. The van der Waals surface area contributed by atoms with Crippen molar-refractivity contribution in [1.29, 1.82) is 0 Å². The lowest BCUT2D eigenvalue weighted by Gasteiger charge is -1.94. The molecule has 0 saturated heterocycles. The summed E-state index contributed by atoms with van der Waals surface area (Å²) >= 11 is 0. The molecule has 1 rings (SSSR count). The molecule has 4 heteroatoms. The van der Waals surface area contributed by atoms with Crippen molar-refractivity contribution in [3.63, 3.8) is 0 Å². The first-order chi connectivity index (χ1) is 4.22. The van der Waals surface area contributed by atoms with Crippen LogP contribution in [0.15, 0.2) is 23.1 Å². The summed E-state index contributed by atoms with van der Waals surface area (Å²) in [5.41, 5.74) is 5.44. The molecule has 0 radical (unpaired) electrons. The van der Waals surface area contributed by atoms with Crippen LogP contribution in [0.2, 0.25) is 0 Å². The quantitative estimate of drug-likeness (QED) is 0.597. The third-order valence-corrected chi connectivity index (χ3v) is 1.15. The van der Waals surface area contributed by atoms with Gasteiger partial charge in [-0.1, -0.05) is 0 Å². The van der Waals surface area contributed by atoms with Crippen LogP contribution in [0.25, 0.3) is 0 Å². The molecular formula is C6H9ClN2O. The van der Waals surface area contributed by atoms with Gasteiger partial charge >= 0.3 is 0 Å². The molecule has 0 aliphatic rings. The van der Waals surface area contributed by atoms with Gasteiger partial charge in [0.25, 0.3) is 5.56 Å². The van der Waals surface area contributed by atoms with Gasteiger partial charge in [0.15, 0.2) is 0 Å². The number of halogens is 1. The zero-order valence-corrected chi connectivity index (χ0v) is 6.39. The van der Waals surface area contributed by atoms with E-state index < -0.39 is 0 Å². The molecule has 0 aliphatic heterocycles. The molecule has 1 aromatic rings. The highest BCUT2D eigenvalue weighted by Crippen LogP contribution is 1.87. The fourth-order valence-corrected chi connectivity index (χ4v) is 0.618. The van der Waals surface area contributed by atoms with Gasteiger partial charge in [-0.05, 0) is 12.1 Å². The van der Waals surface area contributed by atoms with E-state index in [9.17, 15) is 4.79 Å². The van der Waals surface area contributed by atoms with Gasteiger partial charge < -0.3 is 10.3 Å². The van der Waals surface area contributed by atoms with Crippen LogP contribution in [0.1, 0.15) is 0 Å². The smallest absolute Gasteiger partial charge is 0.273 e. The number of aromatic nitrogens is 1. The Morgan fingerprint density at radius 2 is 2.20 bits per heavy atom. The van der Waals surface area contributed by atoms with Crippen LogP contribution in [0.5, 0.6) is 0 Å². The summed E-state index contributed by atoms with van der Waals surface area (Å²) in [6.45, 7) is 0. The largest absolute Gasteiger partial charge is 0.394 e. The molecule has 2 N–H and O–H groups in total. The number of nitrogens with zero attached hydrogens (tertiary/aromatic N) is 1. The van der Waals surface area contributed by atoms with Crippen LogP contribution < -0.4 is 11.3 Å². The summed E-state index contributed by atoms with van der Waals surface area (Å²) in [6.07, 6.45) is 1.67. The van der Waals surface area contributed by atoms with Crippen molar-refractivity contribution in [2.24, 2.45) is 7.05 Å². The third-order valence-electron chi connectivity index (χ3n) is 1.15. The van der Waals surface area contributed by atoms with Crippen LogP contribution >= 0.6 is 12.4 Å². The Kier molecular flexibility index (Phi) is 2.96. The van der Waals surface area contributed by atoms with Crippen molar-refractivity contribution in [1.82, 2.24) is 4.57 Å². The van der Waals surface area contributed by atoms with Gasteiger partial charge in [0.1, 0.15) is 0 Å². The Balaban J connectivity index is 0.000000810. The monoisotopic (exact) mass is 160 g/mol. The van der Waals surface area contributed by atoms with E-state index in [2.05, 4.69) is 0 Å². The number of hydrogen-bond acceptors (Lipinski definition) is 2. The molecule has 0 aromatic carbocycles. The lowest BCUT2D eigenvalue weighted by Crippen LogP contribution is -2.18. The van der Waals surface area contributed by atoms with E-state index in [-0.39, 0.29) is 18.0 Å². The van der Waals surface area contributed by atoms with Crippen molar-refractivity contribution in [2.75, 3.05) is 5.73 Å². The van der Waals surface area contributed by atoms with E-state index in [0.717, 1.165) is 0 Å². The topological polar surface area (TPSA) is 48.0 Å². The third kappa shape index (κ3) is 1.51. The molecule has 0 aliphatic carbocycles. The SMILES string of the molecule is Cl.Cn1cccc(N)c1=O. The number of hydrogen-bond donors (Lipinski definition) is 1. The van der Waals surface area contributed by atoms with Crippen molar-refractivity contribution in [3.05, 3.63) is 28.7 Å². The maximum absolute atomic E-state index is 10.8. The molecule has 0 saturated carbocycles. The van der Waals surface area contributed by atoms with Crippen molar-refractivity contribution in [2.45, 2.75) is 0 Å². The first-order valence-corrected chi connectivity index (χ1v) is 2.63. The number of nitrogen functional groups attached to an aromatic ring is 1. The van der Waals surface area contributed by atoms with Gasteiger partial charge in [0.2, 0.25) is 0 Å². The maximum Gasteiger partial charge on any atom is 0.273 e. The van der Waals surface area contributed by atoms with E-state index in [4.69, 9.17) is 5.73 Å². The molecule has 56 valence electrons. The highest BCUT2D eigenvalue weighted by molar-refractivity contribution is 5.85. The molecule has 1 aromatic heterocycles. The van der Waals surface area contributed by atoms with Crippen LogP contribution in [0, 0.1) is 0 Å². The zero-order chi connectivity index (χ0) is 6.85. The standard InChI is InChI=1S/C6H8N2O.ClH/c1-8-4-2-3-5(7)6(8)9;/h2-4H,7H2,1H3;1H. The second-order valence-corrected chi connectivity index (χ2v) is 1.88. The van der Waals surface area contributed by atoms with Gasteiger partial charge in [-0.3, -0.25) is 4.79 Å². The van der Waals surface area contributed by atoms with Gasteiger partial charge in [-0.2, -0.15) is 0 Å². The Labute approximate surface area is 64.9 Å². The number of anilines is 1. The summed E-state index contributed by atoms with van der Waals surface area (Å²) in [4.78, 5) is 10.8. The average molecular weight is 161 g/mol. The first-order valence-electron chi connectivity index (χ1n) is 2.63. The zero-order valence-electron chi connectivity index (χ0n) is 5.57. The number of aryl methyl sites for hydroxylation is 1. The van der Waals surface area contributed by atoms with Gasteiger partial charge in [-0.15, -0.1) is 12.4 Å². The normalized spacial score (nSPS) is 8.50. The predicted molar refractivity (Wildman–Crippen MR) is 43.3 cm³/mol. The van der Waals surface area contributed by atoms with E-state index in [1.807, 2.05) is 0 Å². The molecular weight excluding hydrogens is 152 g/mol. The molecule has 10 heavy (non-hydrogen) atoms. The fourth-order valence-electron chi connectivity index (χ4n) is 0.618. The summed E-state index contributed by atoms with van der Waals surface area (Å²) in [6, 6.07) is 3.32. The average Bonchev–Trinajstić information content (AvgIpc) is 1.83. The van der Waals surface area contributed by atoms with Crippen molar-refractivity contribution >= 4 is 18.1 Å². The second-order valence-electron chi connectivity index (χ2n) is 1.88. The summed E-state index contributed by atoms with van der Waals surface area (Å²) in [7, 11) is 1.67. The Morgan fingerprint density at radius 3 is 2.60 bits per heavy atom. The Hall–Kier alpha value is -0.960. The maximum atomic E-state index is 10.8. The highest BCUT2D eigenvalue weighted by atomic mass is 35.5. The summed E-state index contributed by atoms with van der Waals surface area (Å²) in [5.74, 6) is 0. The molecule has 0 unspecified atom stereocenters. The van der Waals surface area contributed by atoms with E-state index in [0.29, 0.717) is 5.69 Å². The van der Waals surface area contributed by atoms with Crippen LogP contribution in [-0.4, -0.2) is 4.57 Å². The predicted octanol–water partition coefficient (Wildman–Crippen LogP) is 0.389. The molecule has 0 atom stereocenters. The van der Waals surface area contributed by atoms with Gasteiger partial charge in [0, 0.05) is 13.2 Å². The minimum absolute atomic E-state index is 0. The van der Waals surface area contributed by atoms with Crippen LogP contribution in [0.3, 0.4) is 0 Å². The van der Waals surface area contributed by atoms with E-state index >= 15 is 0 Å². The number of rotatable bonds is 0. The molecule has 0 bridgehead atoms. The lowest BCUT2D eigenvalue weighted by atomic mass is 10.4. The minimum Gasteiger partial charge on any atom is -0.394 e. The van der Waals surface area contributed by atoms with Gasteiger partial charge in [0.05, 0.1) is 5.69 Å². The number of nitrogens with two attached hydrogens (primary N) is 1. The fraction of sp³-hybridized carbons (Fsp3) is 0.167. The first kappa shape index (κ1) is 9.04. The molecule has 1 heterocycles. The summed E-state index contributed by atoms with van der Waals surface area (Å²) < 4.78 is 1.44. The van der Waals surface area contributed by atoms with E-state index in [1.54, 1.807) is 25.4 Å². The molecule has 0 fully saturated rings. The molecule has 3 nitrogen and oxygen atoms in total. The number of pyridine rings is 1. The molecule has 0 amide bonds. The van der Waals surface area contributed by atoms with Crippen molar-refractivity contribution in [3.8, 4) is 0 Å². The lowest BCUT2D eigenvalue weighted by molar-refractivity contribution is 0.864. The van der Waals surface area contributed by atoms with E-state index in [1.165, 1.54) is 4.57 Å². The van der Waals surface area contributed by atoms with Gasteiger partial charge in [-0.25, -0.2) is 0 Å². The Bertz CT molecular complexity index is 245. The van der Waals surface area contributed by atoms with Crippen molar-refractivity contribution < 1.29 is 0 Å².